The minimum absolute atomic E-state index is 0.0138. The van der Waals surface area contributed by atoms with Crippen LogP contribution in [-0.4, -0.2) is 30.1 Å². The minimum Gasteiger partial charge on any atom is -0.307 e. The normalized spacial score (nSPS) is 19.2. The predicted molar refractivity (Wildman–Crippen MR) is 87.7 cm³/mol. The van der Waals surface area contributed by atoms with Crippen LogP contribution in [0.5, 0.6) is 0 Å². The van der Waals surface area contributed by atoms with Gasteiger partial charge in [0.25, 0.3) is 0 Å². The van der Waals surface area contributed by atoms with Crippen molar-refractivity contribution in [2.75, 3.05) is 13.1 Å². The maximum atomic E-state index is 13.6. The molecule has 1 N–H and O–H groups in total. The number of piperidine rings is 1. The highest BCUT2D eigenvalue weighted by Crippen LogP contribution is 2.29. The molecule has 1 aliphatic heterocycles. The first-order valence-corrected chi connectivity index (χ1v) is 8.28. The Morgan fingerprint density at radius 1 is 1.14 bits per heavy atom. The van der Waals surface area contributed by atoms with Crippen molar-refractivity contribution in [1.29, 1.82) is 0 Å². The van der Waals surface area contributed by atoms with E-state index in [2.05, 4.69) is 24.1 Å². The SMILES string of the molecule is CC(NC1CCN(C(C)C)CC1)c1cc(F)c(Cl)cc1Cl. The van der Waals surface area contributed by atoms with Crippen molar-refractivity contribution in [3.8, 4) is 0 Å². The van der Waals surface area contributed by atoms with E-state index in [0.717, 1.165) is 31.5 Å². The van der Waals surface area contributed by atoms with Crippen molar-refractivity contribution in [3.63, 3.8) is 0 Å². The van der Waals surface area contributed by atoms with Crippen LogP contribution in [0.4, 0.5) is 4.39 Å². The maximum Gasteiger partial charge on any atom is 0.142 e. The van der Waals surface area contributed by atoms with Gasteiger partial charge in [-0.1, -0.05) is 23.2 Å². The lowest BCUT2D eigenvalue weighted by molar-refractivity contribution is 0.157. The van der Waals surface area contributed by atoms with Crippen LogP contribution in [0.25, 0.3) is 0 Å². The summed E-state index contributed by atoms with van der Waals surface area (Å²) in [4.78, 5) is 2.48. The Morgan fingerprint density at radius 3 is 2.33 bits per heavy atom. The van der Waals surface area contributed by atoms with Gasteiger partial charge < -0.3 is 10.2 Å². The summed E-state index contributed by atoms with van der Waals surface area (Å²) in [6.07, 6.45) is 2.21. The van der Waals surface area contributed by atoms with Crippen LogP contribution < -0.4 is 5.32 Å². The molecule has 1 atom stereocenters. The zero-order valence-electron chi connectivity index (χ0n) is 12.8. The largest absolute Gasteiger partial charge is 0.307 e. The summed E-state index contributed by atoms with van der Waals surface area (Å²) >= 11 is 11.9. The van der Waals surface area contributed by atoms with E-state index < -0.39 is 5.82 Å². The smallest absolute Gasteiger partial charge is 0.142 e. The molecule has 1 fully saturated rings. The van der Waals surface area contributed by atoms with Gasteiger partial charge in [-0.15, -0.1) is 0 Å². The standard InChI is InChI=1S/C16H23Cl2FN2/c1-10(2)21-6-4-12(5-7-21)20-11(3)13-8-16(19)15(18)9-14(13)17/h8-12,20H,4-7H2,1-3H3. The van der Waals surface area contributed by atoms with Crippen molar-refractivity contribution < 1.29 is 4.39 Å². The summed E-state index contributed by atoms with van der Waals surface area (Å²) in [5.41, 5.74) is 0.768. The minimum atomic E-state index is -0.417. The van der Waals surface area contributed by atoms with Gasteiger partial charge in [-0.25, -0.2) is 4.39 Å². The lowest BCUT2D eigenvalue weighted by Gasteiger charge is -2.36. The third kappa shape index (κ3) is 4.32. The van der Waals surface area contributed by atoms with Gasteiger partial charge in [0.2, 0.25) is 0 Å². The maximum absolute atomic E-state index is 13.6. The van der Waals surface area contributed by atoms with Crippen molar-refractivity contribution >= 4 is 23.2 Å². The van der Waals surface area contributed by atoms with Gasteiger partial charge in [-0.05, 0) is 64.4 Å². The van der Waals surface area contributed by atoms with Crippen LogP contribution in [0, 0.1) is 5.82 Å². The molecule has 1 saturated heterocycles. The summed E-state index contributed by atoms with van der Waals surface area (Å²) in [6, 6.07) is 3.98. The fourth-order valence-electron chi connectivity index (χ4n) is 2.90. The first-order chi connectivity index (χ1) is 9.88. The fraction of sp³-hybridized carbons (Fsp3) is 0.625. The molecule has 0 radical (unpaired) electrons. The molecule has 0 amide bonds. The summed E-state index contributed by atoms with van der Waals surface area (Å²) in [6.45, 7) is 8.68. The van der Waals surface area contributed by atoms with E-state index in [-0.39, 0.29) is 11.1 Å². The van der Waals surface area contributed by atoms with E-state index in [1.807, 2.05) is 6.92 Å². The van der Waals surface area contributed by atoms with Gasteiger partial charge in [0.15, 0.2) is 0 Å². The first kappa shape index (κ1) is 17.0. The van der Waals surface area contributed by atoms with E-state index in [9.17, 15) is 4.39 Å². The van der Waals surface area contributed by atoms with Crippen LogP contribution >= 0.6 is 23.2 Å². The van der Waals surface area contributed by atoms with Gasteiger partial charge in [0.1, 0.15) is 5.82 Å². The average Bonchev–Trinajstić information content (AvgIpc) is 2.43. The number of nitrogens with zero attached hydrogens (tertiary/aromatic N) is 1. The summed E-state index contributed by atoms with van der Waals surface area (Å²) in [5, 5.41) is 4.15. The lowest BCUT2D eigenvalue weighted by atomic mass is 10.0. The molecule has 0 aliphatic carbocycles. The van der Waals surface area contributed by atoms with Crippen LogP contribution in [0.2, 0.25) is 10.0 Å². The molecular formula is C16H23Cl2FN2. The molecule has 0 bridgehead atoms. The zero-order valence-corrected chi connectivity index (χ0v) is 14.3. The van der Waals surface area contributed by atoms with Crippen LogP contribution in [0.3, 0.4) is 0 Å². The highest BCUT2D eigenvalue weighted by Gasteiger charge is 2.23. The second kappa shape index (κ2) is 7.28. The summed E-state index contributed by atoms with van der Waals surface area (Å²) in [5.74, 6) is -0.417. The number of likely N-dealkylation sites (tertiary alicyclic amines) is 1. The first-order valence-electron chi connectivity index (χ1n) is 7.53. The molecule has 1 aromatic carbocycles. The van der Waals surface area contributed by atoms with Crippen molar-refractivity contribution in [2.45, 2.75) is 51.7 Å². The molecule has 5 heteroatoms. The van der Waals surface area contributed by atoms with Crippen LogP contribution in [0.15, 0.2) is 12.1 Å². The summed E-state index contributed by atoms with van der Waals surface area (Å²) in [7, 11) is 0. The Labute approximate surface area is 136 Å². The van der Waals surface area contributed by atoms with E-state index in [1.54, 1.807) is 0 Å². The number of halogens is 3. The van der Waals surface area contributed by atoms with Gasteiger partial charge in [0.05, 0.1) is 5.02 Å². The van der Waals surface area contributed by atoms with Gasteiger partial charge in [-0.2, -0.15) is 0 Å². The third-order valence-electron chi connectivity index (χ3n) is 4.25. The van der Waals surface area contributed by atoms with Crippen LogP contribution in [0.1, 0.15) is 45.2 Å². The Morgan fingerprint density at radius 2 is 1.76 bits per heavy atom. The molecule has 0 aromatic heterocycles. The van der Waals surface area contributed by atoms with Crippen molar-refractivity contribution in [1.82, 2.24) is 10.2 Å². The topological polar surface area (TPSA) is 15.3 Å². The van der Waals surface area contributed by atoms with Crippen molar-refractivity contribution in [3.05, 3.63) is 33.6 Å². The number of rotatable bonds is 4. The van der Waals surface area contributed by atoms with E-state index in [4.69, 9.17) is 23.2 Å². The number of benzene rings is 1. The Hall–Kier alpha value is -0.350. The second-order valence-corrected chi connectivity index (χ2v) is 6.89. The number of hydrogen-bond donors (Lipinski definition) is 1. The summed E-state index contributed by atoms with van der Waals surface area (Å²) < 4.78 is 13.6. The molecule has 1 aromatic rings. The highest BCUT2D eigenvalue weighted by atomic mass is 35.5. The quantitative estimate of drug-likeness (QED) is 0.807. The third-order valence-corrected chi connectivity index (χ3v) is 4.87. The lowest BCUT2D eigenvalue weighted by Crippen LogP contribution is -2.45. The Balaban J connectivity index is 1.96. The van der Waals surface area contributed by atoms with Gasteiger partial charge >= 0.3 is 0 Å². The van der Waals surface area contributed by atoms with Crippen molar-refractivity contribution in [2.24, 2.45) is 0 Å². The molecule has 21 heavy (non-hydrogen) atoms. The molecule has 0 saturated carbocycles. The molecule has 1 heterocycles. The molecule has 2 rings (SSSR count). The Bertz CT molecular complexity index is 485. The molecule has 0 spiro atoms. The molecule has 2 nitrogen and oxygen atoms in total. The molecule has 1 unspecified atom stereocenters. The van der Waals surface area contributed by atoms with Gasteiger partial charge in [-0.3, -0.25) is 0 Å². The molecule has 118 valence electrons. The van der Waals surface area contributed by atoms with Crippen LogP contribution in [-0.2, 0) is 0 Å². The van der Waals surface area contributed by atoms with E-state index in [0.29, 0.717) is 17.1 Å². The zero-order chi connectivity index (χ0) is 15.6. The monoisotopic (exact) mass is 332 g/mol. The number of hydrogen-bond acceptors (Lipinski definition) is 2. The van der Waals surface area contributed by atoms with E-state index in [1.165, 1.54) is 12.1 Å². The Kier molecular flexibility index (Phi) is 5.89. The van der Waals surface area contributed by atoms with Gasteiger partial charge in [0, 0.05) is 23.1 Å². The predicted octanol–water partition coefficient (Wildman–Crippen LogP) is 4.66. The van der Waals surface area contributed by atoms with E-state index >= 15 is 0 Å². The fourth-order valence-corrected chi connectivity index (χ4v) is 3.44. The molecular weight excluding hydrogens is 310 g/mol. The number of nitrogens with one attached hydrogen (secondary N) is 1. The highest BCUT2D eigenvalue weighted by molar-refractivity contribution is 6.35. The molecule has 1 aliphatic rings. The second-order valence-electron chi connectivity index (χ2n) is 6.08. The average molecular weight is 333 g/mol.